The molecule has 0 saturated heterocycles. The summed E-state index contributed by atoms with van der Waals surface area (Å²) in [7, 11) is -2.39. The summed E-state index contributed by atoms with van der Waals surface area (Å²) in [5.41, 5.74) is 0.127. The first-order chi connectivity index (χ1) is 7.36. The van der Waals surface area contributed by atoms with Crippen molar-refractivity contribution in [1.29, 1.82) is 0 Å². The Hall–Kier alpha value is -1.25. The predicted molar refractivity (Wildman–Crippen MR) is 56.1 cm³/mol. The molecule has 0 spiro atoms. The monoisotopic (exact) mass is 247 g/mol. The van der Waals surface area contributed by atoms with E-state index in [-0.39, 0.29) is 11.6 Å². The van der Waals surface area contributed by atoms with Crippen LogP contribution in [0.5, 0.6) is 5.88 Å². The third kappa shape index (κ3) is 2.87. The van der Waals surface area contributed by atoms with Gasteiger partial charge in [-0.05, 0) is 6.92 Å². The second-order valence-corrected chi connectivity index (χ2v) is 5.14. The lowest BCUT2D eigenvalue weighted by molar-refractivity contribution is 0.170. The van der Waals surface area contributed by atoms with Crippen molar-refractivity contribution in [3.8, 4) is 5.88 Å². The van der Waals surface area contributed by atoms with E-state index >= 15 is 0 Å². The molecule has 7 nitrogen and oxygen atoms in total. The summed E-state index contributed by atoms with van der Waals surface area (Å²) in [5.74, 6) is 0.277. The normalized spacial score (nSPS) is 15.5. The van der Waals surface area contributed by atoms with Crippen molar-refractivity contribution in [2.24, 2.45) is 5.14 Å². The molecule has 0 aliphatic heterocycles. The third-order valence-electron chi connectivity index (χ3n) is 2.12. The highest BCUT2D eigenvalue weighted by Gasteiger charge is 2.27. The van der Waals surface area contributed by atoms with Crippen LogP contribution in [0.1, 0.15) is 18.7 Å². The molecule has 0 amide bonds. The summed E-state index contributed by atoms with van der Waals surface area (Å²) in [6, 6.07) is 0. The number of nitrogens with two attached hydrogens (primary N) is 1. The van der Waals surface area contributed by atoms with Crippen molar-refractivity contribution >= 4 is 10.0 Å². The van der Waals surface area contributed by atoms with Gasteiger partial charge < -0.3 is 9.84 Å². The Labute approximate surface area is 93.3 Å². The van der Waals surface area contributed by atoms with Crippen molar-refractivity contribution in [1.82, 2.24) is 9.97 Å². The molecule has 0 unspecified atom stereocenters. The predicted octanol–water partition coefficient (Wildman–Crippen LogP) is -0.804. The van der Waals surface area contributed by atoms with Gasteiger partial charge in [0.2, 0.25) is 15.9 Å². The number of primary sulfonamides is 1. The summed E-state index contributed by atoms with van der Waals surface area (Å²) >= 11 is 0. The van der Waals surface area contributed by atoms with Gasteiger partial charge in [-0.1, -0.05) is 0 Å². The van der Waals surface area contributed by atoms with Gasteiger partial charge in [-0.2, -0.15) is 0 Å². The van der Waals surface area contributed by atoms with E-state index in [0.29, 0.717) is 0 Å². The van der Waals surface area contributed by atoms with E-state index in [4.69, 9.17) is 9.88 Å². The van der Waals surface area contributed by atoms with Crippen LogP contribution in [-0.2, 0) is 10.0 Å². The Kier molecular flexibility index (Phi) is 3.79. The second-order valence-electron chi connectivity index (χ2n) is 3.22. The highest BCUT2D eigenvalue weighted by molar-refractivity contribution is 7.89. The Morgan fingerprint density at radius 3 is 2.44 bits per heavy atom. The summed E-state index contributed by atoms with van der Waals surface area (Å²) in [6.07, 6.45) is 1.22. The van der Waals surface area contributed by atoms with E-state index in [1.807, 2.05) is 0 Å². The lowest BCUT2D eigenvalue weighted by Gasteiger charge is -2.15. The van der Waals surface area contributed by atoms with E-state index in [0.717, 1.165) is 0 Å². The fourth-order valence-electron chi connectivity index (χ4n) is 1.00. The number of hydrogen-bond acceptors (Lipinski definition) is 6. The molecule has 0 aromatic carbocycles. The van der Waals surface area contributed by atoms with Crippen LogP contribution in [0.15, 0.2) is 12.4 Å². The molecule has 1 heterocycles. The lowest BCUT2D eigenvalue weighted by atomic mass is 10.2. The summed E-state index contributed by atoms with van der Waals surface area (Å²) < 4.78 is 26.8. The molecule has 0 fully saturated rings. The van der Waals surface area contributed by atoms with Crippen LogP contribution in [0.25, 0.3) is 0 Å². The van der Waals surface area contributed by atoms with Gasteiger partial charge >= 0.3 is 0 Å². The average molecular weight is 247 g/mol. The van der Waals surface area contributed by atoms with Crippen LogP contribution in [0, 0.1) is 0 Å². The zero-order valence-corrected chi connectivity index (χ0v) is 9.68. The smallest absolute Gasteiger partial charge is 0.231 e. The molecule has 1 rings (SSSR count). The standard InChI is InChI=1S/C8H13N3O4S/c1-5(16(9,13)14)8(12)6-3-11-7(15-2)4-10-6/h3-5,8,12H,1-2H3,(H2,9,13,14)/t5-,8-/m0/s1. The molecule has 90 valence electrons. The number of methoxy groups -OCH3 is 1. The molecule has 0 bridgehead atoms. The number of sulfonamides is 1. The van der Waals surface area contributed by atoms with Gasteiger partial charge in [0, 0.05) is 0 Å². The second kappa shape index (κ2) is 4.73. The molecule has 0 radical (unpaired) electrons. The number of nitrogens with zero attached hydrogens (tertiary/aromatic N) is 2. The van der Waals surface area contributed by atoms with E-state index in [1.54, 1.807) is 0 Å². The maximum atomic E-state index is 11.0. The van der Waals surface area contributed by atoms with E-state index in [2.05, 4.69) is 9.97 Å². The van der Waals surface area contributed by atoms with Crippen LogP contribution in [-0.4, -0.2) is 35.9 Å². The van der Waals surface area contributed by atoms with Gasteiger partial charge in [0.1, 0.15) is 11.4 Å². The fraction of sp³-hybridized carbons (Fsp3) is 0.500. The van der Waals surface area contributed by atoms with Crippen LogP contribution >= 0.6 is 0 Å². The Morgan fingerprint density at radius 2 is 2.06 bits per heavy atom. The highest BCUT2D eigenvalue weighted by Crippen LogP contribution is 2.18. The first-order valence-electron chi connectivity index (χ1n) is 4.42. The lowest BCUT2D eigenvalue weighted by Crippen LogP contribution is -2.31. The molecule has 1 aromatic heterocycles. The third-order valence-corrected chi connectivity index (χ3v) is 3.42. The van der Waals surface area contributed by atoms with Crippen LogP contribution in [0.2, 0.25) is 0 Å². The van der Waals surface area contributed by atoms with Gasteiger partial charge in [-0.3, -0.25) is 4.98 Å². The van der Waals surface area contributed by atoms with Crippen LogP contribution in [0.4, 0.5) is 0 Å². The van der Waals surface area contributed by atoms with E-state index in [1.165, 1.54) is 26.4 Å². The van der Waals surface area contributed by atoms with Gasteiger partial charge in [-0.15, -0.1) is 0 Å². The number of aromatic nitrogens is 2. The van der Waals surface area contributed by atoms with E-state index in [9.17, 15) is 13.5 Å². The Balaban J connectivity index is 2.92. The van der Waals surface area contributed by atoms with Crippen molar-refractivity contribution in [2.45, 2.75) is 18.3 Å². The van der Waals surface area contributed by atoms with E-state index < -0.39 is 21.4 Å². The number of ether oxygens (including phenoxy) is 1. The van der Waals surface area contributed by atoms with Crippen molar-refractivity contribution in [3.63, 3.8) is 0 Å². The fourth-order valence-corrected chi connectivity index (χ4v) is 1.50. The Morgan fingerprint density at radius 1 is 1.44 bits per heavy atom. The molecule has 3 N–H and O–H groups in total. The topological polar surface area (TPSA) is 115 Å². The molecule has 0 aliphatic rings. The van der Waals surface area contributed by atoms with Crippen molar-refractivity contribution < 1.29 is 18.3 Å². The summed E-state index contributed by atoms with van der Waals surface area (Å²) in [5, 5.41) is 13.5. The van der Waals surface area contributed by atoms with Crippen LogP contribution < -0.4 is 9.88 Å². The zero-order valence-electron chi connectivity index (χ0n) is 8.86. The quantitative estimate of drug-likeness (QED) is 0.719. The average Bonchev–Trinajstić information content (AvgIpc) is 2.26. The minimum Gasteiger partial charge on any atom is -0.480 e. The molecule has 8 heteroatoms. The number of rotatable bonds is 4. The number of aliphatic hydroxyl groups excluding tert-OH is 1. The highest BCUT2D eigenvalue weighted by atomic mass is 32.2. The minimum atomic E-state index is -3.81. The summed E-state index contributed by atoms with van der Waals surface area (Å²) in [6.45, 7) is 1.30. The Bertz CT molecular complexity index is 445. The molecule has 0 saturated carbocycles. The molecule has 0 aliphatic carbocycles. The molecule has 16 heavy (non-hydrogen) atoms. The number of aliphatic hydroxyl groups is 1. The largest absolute Gasteiger partial charge is 0.480 e. The van der Waals surface area contributed by atoms with Crippen LogP contribution in [0.3, 0.4) is 0 Å². The SMILES string of the molecule is COc1cnc([C@@H](O)[C@H](C)S(N)(=O)=O)cn1. The first kappa shape index (κ1) is 12.8. The maximum absolute atomic E-state index is 11.0. The van der Waals surface area contributed by atoms with Gasteiger partial charge in [0.15, 0.2) is 0 Å². The van der Waals surface area contributed by atoms with Crippen molar-refractivity contribution in [2.75, 3.05) is 7.11 Å². The zero-order chi connectivity index (χ0) is 12.3. The van der Waals surface area contributed by atoms with Gasteiger partial charge in [-0.25, -0.2) is 18.5 Å². The molecule has 1 aromatic rings. The maximum Gasteiger partial charge on any atom is 0.231 e. The van der Waals surface area contributed by atoms with Gasteiger partial charge in [0.05, 0.1) is 25.2 Å². The summed E-state index contributed by atoms with van der Waals surface area (Å²) in [4.78, 5) is 7.63. The molecular formula is C8H13N3O4S. The minimum absolute atomic E-state index is 0.127. The molecule has 2 atom stereocenters. The van der Waals surface area contributed by atoms with Crippen molar-refractivity contribution in [3.05, 3.63) is 18.1 Å². The first-order valence-corrected chi connectivity index (χ1v) is 6.03. The number of hydrogen-bond donors (Lipinski definition) is 2. The molecular weight excluding hydrogens is 234 g/mol. The van der Waals surface area contributed by atoms with Gasteiger partial charge in [0.25, 0.3) is 0 Å².